The Labute approximate surface area is 95.2 Å². The number of halogens is 1. The molecule has 0 saturated heterocycles. The van der Waals surface area contributed by atoms with Crippen molar-refractivity contribution >= 4 is 17.4 Å². The minimum absolute atomic E-state index is 0.127. The van der Waals surface area contributed by atoms with Crippen LogP contribution in [0, 0.1) is 28.5 Å². The molecule has 84 valence electrons. The number of carboxylic acids is 1. The SMILES string of the molecule is N#CC(C#N)=NNc1ccc(C(=O)O)cc1F. The summed E-state index contributed by atoms with van der Waals surface area (Å²) in [6, 6.07) is 6.08. The zero-order valence-electron chi connectivity index (χ0n) is 8.31. The number of nitrogens with zero attached hydrogens (tertiary/aromatic N) is 3. The van der Waals surface area contributed by atoms with E-state index in [1.807, 2.05) is 0 Å². The first-order chi connectivity index (χ1) is 8.08. The topological polar surface area (TPSA) is 109 Å². The molecule has 0 fully saturated rings. The van der Waals surface area contributed by atoms with Crippen molar-refractivity contribution in [3.8, 4) is 12.1 Å². The van der Waals surface area contributed by atoms with Crippen molar-refractivity contribution in [1.29, 1.82) is 10.5 Å². The highest BCUT2D eigenvalue weighted by atomic mass is 19.1. The predicted octanol–water partition coefficient (Wildman–Crippen LogP) is 1.34. The van der Waals surface area contributed by atoms with E-state index in [-0.39, 0.29) is 11.3 Å². The Kier molecular flexibility index (Phi) is 3.74. The first-order valence-electron chi connectivity index (χ1n) is 4.25. The van der Waals surface area contributed by atoms with Crippen LogP contribution < -0.4 is 5.43 Å². The molecule has 0 amide bonds. The van der Waals surface area contributed by atoms with Crippen LogP contribution in [-0.2, 0) is 0 Å². The number of hydrogen-bond acceptors (Lipinski definition) is 5. The van der Waals surface area contributed by atoms with Gasteiger partial charge in [-0.1, -0.05) is 0 Å². The molecule has 17 heavy (non-hydrogen) atoms. The maximum atomic E-state index is 13.3. The highest BCUT2D eigenvalue weighted by Gasteiger charge is 2.07. The van der Waals surface area contributed by atoms with E-state index in [1.54, 1.807) is 0 Å². The fraction of sp³-hybridized carbons (Fsp3) is 0. The minimum Gasteiger partial charge on any atom is -0.478 e. The molecule has 0 aliphatic rings. The van der Waals surface area contributed by atoms with Crippen molar-refractivity contribution in [1.82, 2.24) is 0 Å². The number of nitrogens with one attached hydrogen (secondary N) is 1. The monoisotopic (exact) mass is 232 g/mol. The van der Waals surface area contributed by atoms with E-state index in [0.29, 0.717) is 0 Å². The second-order valence-corrected chi connectivity index (χ2v) is 2.80. The van der Waals surface area contributed by atoms with Crippen LogP contribution in [0.4, 0.5) is 10.1 Å². The van der Waals surface area contributed by atoms with Gasteiger partial charge in [-0.25, -0.2) is 9.18 Å². The summed E-state index contributed by atoms with van der Waals surface area (Å²) >= 11 is 0. The number of aromatic carboxylic acids is 1. The third-order valence-corrected chi connectivity index (χ3v) is 1.72. The van der Waals surface area contributed by atoms with Gasteiger partial charge in [-0.15, -0.1) is 0 Å². The lowest BCUT2D eigenvalue weighted by Gasteiger charge is -2.02. The van der Waals surface area contributed by atoms with Crippen LogP contribution in [0.25, 0.3) is 0 Å². The second kappa shape index (κ2) is 5.24. The molecule has 0 unspecified atom stereocenters. The van der Waals surface area contributed by atoms with Crippen LogP contribution in [0.3, 0.4) is 0 Å². The van der Waals surface area contributed by atoms with Crippen LogP contribution in [0.5, 0.6) is 0 Å². The van der Waals surface area contributed by atoms with Gasteiger partial charge in [0, 0.05) is 0 Å². The Hall–Kier alpha value is -2.93. The van der Waals surface area contributed by atoms with E-state index >= 15 is 0 Å². The molecule has 0 aliphatic heterocycles. The number of carbonyl (C=O) groups is 1. The van der Waals surface area contributed by atoms with Crippen LogP contribution >= 0.6 is 0 Å². The number of rotatable bonds is 3. The van der Waals surface area contributed by atoms with Gasteiger partial charge in [-0.05, 0) is 18.2 Å². The second-order valence-electron chi connectivity index (χ2n) is 2.80. The number of anilines is 1. The molecule has 1 rings (SSSR count). The molecule has 1 aromatic rings. The molecular weight excluding hydrogens is 227 g/mol. The van der Waals surface area contributed by atoms with E-state index in [2.05, 4.69) is 10.5 Å². The number of nitriles is 2. The fourth-order valence-corrected chi connectivity index (χ4v) is 0.930. The summed E-state index contributed by atoms with van der Waals surface area (Å²) in [6.07, 6.45) is 0. The molecule has 1 aromatic carbocycles. The van der Waals surface area contributed by atoms with Crippen LogP contribution in [0.1, 0.15) is 10.4 Å². The third-order valence-electron chi connectivity index (χ3n) is 1.72. The van der Waals surface area contributed by atoms with Crippen molar-refractivity contribution in [2.75, 3.05) is 5.43 Å². The van der Waals surface area contributed by atoms with E-state index < -0.39 is 17.5 Å². The van der Waals surface area contributed by atoms with Gasteiger partial charge in [0.1, 0.15) is 18.0 Å². The zero-order valence-corrected chi connectivity index (χ0v) is 8.31. The molecule has 0 bridgehead atoms. The highest BCUT2D eigenvalue weighted by molar-refractivity contribution is 6.10. The molecule has 0 aliphatic carbocycles. The largest absolute Gasteiger partial charge is 0.478 e. The Morgan fingerprint density at radius 2 is 2.06 bits per heavy atom. The summed E-state index contributed by atoms with van der Waals surface area (Å²) in [7, 11) is 0. The smallest absolute Gasteiger partial charge is 0.335 e. The summed E-state index contributed by atoms with van der Waals surface area (Å²) in [5.41, 5.74) is 1.35. The van der Waals surface area contributed by atoms with Gasteiger partial charge >= 0.3 is 5.97 Å². The highest BCUT2D eigenvalue weighted by Crippen LogP contribution is 2.15. The first-order valence-corrected chi connectivity index (χ1v) is 4.25. The van der Waals surface area contributed by atoms with Crippen LogP contribution in [-0.4, -0.2) is 16.8 Å². The van der Waals surface area contributed by atoms with Gasteiger partial charge in [-0.3, -0.25) is 5.43 Å². The van der Waals surface area contributed by atoms with Crippen molar-refractivity contribution in [2.24, 2.45) is 5.10 Å². The third kappa shape index (κ3) is 3.01. The number of hydrazone groups is 1. The minimum atomic E-state index is -1.26. The van der Waals surface area contributed by atoms with Crippen LogP contribution in [0.2, 0.25) is 0 Å². The molecule has 0 radical (unpaired) electrons. The fourth-order valence-electron chi connectivity index (χ4n) is 0.930. The Bertz CT molecular complexity index is 553. The lowest BCUT2D eigenvalue weighted by Crippen LogP contribution is -2.01. The molecule has 6 nitrogen and oxygen atoms in total. The van der Waals surface area contributed by atoms with Gasteiger partial charge < -0.3 is 5.11 Å². The van der Waals surface area contributed by atoms with E-state index in [1.165, 1.54) is 18.2 Å². The summed E-state index contributed by atoms with van der Waals surface area (Å²) in [5.74, 6) is -2.10. The van der Waals surface area contributed by atoms with Crippen molar-refractivity contribution in [3.63, 3.8) is 0 Å². The van der Waals surface area contributed by atoms with Gasteiger partial charge in [0.15, 0.2) is 0 Å². The molecular formula is C10H5FN4O2. The number of hydrogen-bond donors (Lipinski definition) is 2. The lowest BCUT2D eigenvalue weighted by atomic mass is 10.2. The quantitative estimate of drug-likeness (QED) is 0.603. The Balaban J connectivity index is 2.96. The average molecular weight is 232 g/mol. The molecule has 2 N–H and O–H groups in total. The maximum absolute atomic E-state index is 13.3. The summed E-state index contributed by atoms with van der Waals surface area (Å²) in [5, 5.41) is 28.7. The van der Waals surface area contributed by atoms with Crippen LogP contribution in [0.15, 0.2) is 23.3 Å². The van der Waals surface area contributed by atoms with Gasteiger partial charge in [0.05, 0.1) is 11.3 Å². The lowest BCUT2D eigenvalue weighted by molar-refractivity contribution is 0.0696. The van der Waals surface area contributed by atoms with E-state index in [4.69, 9.17) is 15.6 Å². The summed E-state index contributed by atoms with van der Waals surface area (Å²) in [6.45, 7) is 0. The van der Waals surface area contributed by atoms with E-state index in [0.717, 1.165) is 12.1 Å². The predicted molar refractivity (Wildman–Crippen MR) is 55.6 cm³/mol. The first kappa shape index (κ1) is 12.1. The van der Waals surface area contributed by atoms with Gasteiger partial charge in [0.25, 0.3) is 0 Å². The number of carboxylic acid groups (broad SMARTS) is 1. The molecule has 0 heterocycles. The normalized spacial score (nSPS) is 8.65. The summed E-state index contributed by atoms with van der Waals surface area (Å²) < 4.78 is 13.3. The molecule has 0 spiro atoms. The molecule has 0 saturated carbocycles. The Morgan fingerprint density at radius 3 is 2.53 bits per heavy atom. The Morgan fingerprint density at radius 1 is 1.41 bits per heavy atom. The molecule has 0 aromatic heterocycles. The average Bonchev–Trinajstić information content (AvgIpc) is 2.31. The number of benzene rings is 1. The standard InChI is InChI=1S/C10H5FN4O2/c11-8-3-6(10(16)17)1-2-9(8)15-14-7(4-12)5-13/h1-3,15H,(H,16,17). The van der Waals surface area contributed by atoms with Crippen molar-refractivity contribution in [3.05, 3.63) is 29.6 Å². The molecule has 0 atom stereocenters. The van der Waals surface area contributed by atoms with Crippen molar-refractivity contribution in [2.45, 2.75) is 0 Å². The van der Waals surface area contributed by atoms with E-state index in [9.17, 15) is 9.18 Å². The van der Waals surface area contributed by atoms with Crippen molar-refractivity contribution < 1.29 is 14.3 Å². The van der Waals surface area contributed by atoms with Gasteiger partial charge in [0.2, 0.25) is 5.71 Å². The zero-order chi connectivity index (χ0) is 12.8. The maximum Gasteiger partial charge on any atom is 0.335 e. The summed E-state index contributed by atoms with van der Waals surface area (Å²) in [4.78, 5) is 10.5. The van der Waals surface area contributed by atoms with Gasteiger partial charge in [-0.2, -0.15) is 15.6 Å². The molecule has 7 heteroatoms.